The maximum absolute atomic E-state index is 14.0. The molecule has 346 valence electrons. The Bertz CT molecular complexity index is 1860. The number of hydrogen-bond donors (Lipinski definition) is 15. The molecule has 0 radical (unpaired) electrons. The van der Waals surface area contributed by atoms with Crippen LogP contribution in [-0.4, -0.2) is 114 Å². The highest BCUT2D eigenvalue weighted by molar-refractivity contribution is 5.96. The second kappa shape index (κ2) is 27.1. The third-order valence-electron chi connectivity index (χ3n) is 9.44. The fraction of sp³-hybridized carbons (Fsp3) is 0.488. The Kier molecular flexibility index (Phi) is 22.4. The van der Waals surface area contributed by atoms with Crippen LogP contribution in [0.1, 0.15) is 64.0 Å². The number of aromatic hydroxyl groups is 1. The number of phenols is 1. The van der Waals surface area contributed by atoms with Crippen LogP contribution in [0.4, 0.5) is 0 Å². The van der Waals surface area contributed by atoms with Crippen LogP contribution in [-0.2, 0) is 46.4 Å². The zero-order valence-electron chi connectivity index (χ0n) is 35.9. The van der Waals surface area contributed by atoms with Gasteiger partial charge in [0, 0.05) is 19.5 Å². The van der Waals surface area contributed by atoms with Crippen molar-refractivity contribution in [2.24, 2.45) is 28.9 Å². The summed E-state index contributed by atoms with van der Waals surface area (Å²) in [5.74, 6) is -5.72. The smallest absolute Gasteiger partial charge is 0.243 e. The number of nitrogens with two attached hydrogens (primary N) is 4. The predicted molar refractivity (Wildman–Crippen MR) is 235 cm³/mol. The minimum absolute atomic E-state index is 0.00526. The summed E-state index contributed by atoms with van der Waals surface area (Å²) in [6, 6.07) is 7.94. The van der Waals surface area contributed by atoms with E-state index in [4.69, 9.17) is 33.8 Å². The molecule has 0 aliphatic heterocycles. The monoisotopic (exact) mass is 881 g/mol. The lowest BCUT2D eigenvalue weighted by Gasteiger charge is -2.27. The van der Waals surface area contributed by atoms with Crippen molar-refractivity contribution in [3.63, 3.8) is 0 Å². The lowest BCUT2D eigenvalue weighted by Crippen LogP contribution is -2.59. The van der Waals surface area contributed by atoms with Gasteiger partial charge in [-0.05, 0) is 74.6 Å². The number of primary amides is 1. The summed E-state index contributed by atoms with van der Waals surface area (Å²) < 4.78 is 0. The molecule has 22 nitrogen and oxygen atoms in total. The third-order valence-corrected chi connectivity index (χ3v) is 9.44. The van der Waals surface area contributed by atoms with E-state index in [0.29, 0.717) is 17.5 Å². The molecular weight excluding hydrogens is 817 g/mol. The van der Waals surface area contributed by atoms with E-state index >= 15 is 0 Å². The van der Waals surface area contributed by atoms with Gasteiger partial charge in [0.25, 0.3) is 0 Å². The highest BCUT2D eigenvalue weighted by Gasteiger charge is 2.32. The Balaban J connectivity index is 2.20. The van der Waals surface area contributed by atoms with Gasteiger partial charge >= 0.3 is 0 Å². The second-order valence-electron chi connectivity index (χ2n) is 15.4. The average molecular weight is 881 g/mol. The van der Waals surface area contributed by atoms with Gasteiger partial charge in [0.05, 0.1) is 12.6 Å². The highest BCUT2D eigenvalue weighted by atomic mass is 16.3. The Morgan fingerprint density at radius 3 is 1.63 bits per heavy atom. The first-order chi connectivity index (χ1) is 29.7. The molecule has 2 aromatic carbocycles. The van der Waals surface area contributed by atoms with Gasteiger partial charge in [-0.2, -0.15) is 0 Å². The molecule has 2 rings (SSSR count). The normalized spacial score (nSPS) is 13.7. The molecule has 0 saturated carbocycles. The average Bonchev–Trinajstić information content (AvgIpc) is 3.22. The van der Waals surface area contributed by atoms with Crippen LogP contribution in [0.5, 0.6) is 5.75 Å². The van der Waals surface area contributed by atoms with Gasteiger partial charge in [0.2, 0.25) is 41.4 Å². The summed E-state index contributed by atoms with van der Waals surface area (Å²) in [5, 5.41) is 45.0. The van der Waals surface area contributed by atoms with Crippen LogP contribution < -0.4 is 65.5 Å². The van der Waals surface area contributed by atoms with E-state index in [1.165, 1.54) is 19.1 Å². The molecule has 2 aromatic rings. The summed E-state index contributed by atoms with van der Waals surface area (Å²) in [5.41, 5.74) is 23.6. The van der Waals surface area contributed by atoms with E-state index in [9.17, 15) is 38.7 Å². The largest absolute Gasteiger partial charge is 0.508 e. The van der Waals surface area contributed by atoms with Gasteiger partial charge in [0.15, 0.2) is 11.9 Å². The first kappa shape index (κ1) is 52.2. The maximum atomic E-state index is 14.0. The molecule has 0 unspecified atom stereocenters. The van der Waals surface area contributed by atoms with Crippen LogP contribution in [0, 0.1) is 16.7 Å². The first-order valence-electron chi connectivity index (χ1n) is 20.6. The van der Waals surface area contributed by atoms with E-state index in [0.717, 1.165) is 0 Å². The molecule has 63 heavy (non-hydrogen) atoms. The van der Waals surface area contributed by atoms with Crippen molar-refractivity contribution in [3.05, 3.63) is 65.7 Å². The molecule has 0 aliphatic carbocycles. The number of carbonyl (C=O) groups is 7. The molecule has 6 atom stereocenters. The van der Waals surface area contributed by atoms with E-state index in [1.54, 1.807) is 42.5 Å². The predicted octanol–water partition coefficient (Wildman–Crippen LogP) is -2.88. The molecule has 19 N–H and O–H groups in total. The molecule has 0 aromatic heterocycles. The van der Waals surface area contributed by atoms with Crippen LogP contribution in [0.2, 0.25) is 0 Å². The molecule has 0 heterocycles. The highest BCUT2D eigenvalue weighted by Crippen LogP contribution is 2.12. The fourth-order valence-corrected chi connectivity index (χ4v) is 6.12. The van der Waals surface area contributed by atoms with Gasteiger partial charge in [-0.3, -0.25) is 44.4 Å². The summed E-state index contributed by atoms with van der Waals surface area (Å²) in [6.07, 6.45) is 0.966. The summed E-state index contributed by atoms with van der Waals surface area (Å²) in [4.78, 5) is 92.6. The number of rotatable bonds is 27. The molecule has 0 spiro atoms. The van der Waals surface area contributed by atoms with Crippen LogP contribution in [0.25, 0.3) is 0 Å². The zero-order valence-corrected chi connectivity index (χ0v) is 35.9. The summed E-state index contributed by atoms with van der Waals surface area (Å²) >= 11 is 0. The molecule has 0 bridgehead atoms. The van der Waals surface area contributed by atoms with Gasteiger partial charge < -0.3 is 70.6 Å². The van der Waals surface area contributed by atoms with Gasteiger partial charge in [-0.25, -0.2) is 0 Å². The van der Waals surface area contributed by atoms with Crippen molar-refractivity contribution < 1.29 is 38.7 Å². The number of phenolic OH excluding ortho intramolecular Hbond substituents is 1. The fourth-order valence-electron chi connectivity index (χ4n) is 6.12. The van der Waals surface area contributed by atoms with Crippen molar-refractivity contribution >= 4 is 53.3 Å². The standard InChI is InChI=1S/C41H64N14O8/c1-23(2)19-31(38(62)53-30(12-8-18-49-41(46)47)37(61)52-29(34(43)58)11-7-17-48-40(44)45)55-39(63)32(21-25-9-5-4-6-10-25)54-35(59)24(3)51-33(57)22-50-36(60)28(42)20-26-13-15-27(56)16-14-26/h4-6,9-10,13-16,23-24,28-32,56H,7-8,11-12,17-22,42H2,1-3H3,(H2,43,58)(H,50,60)(H,51,57)(H,52,61)(H,53,62)(H,54,59)(H,55,63)(H4,44,45,48)(H4,46,47,49)/t24-,28+,29+,30+,31+,32+/m1/s1. The molecule has 0 fully saturated rings. The van der Waals surface area contributed by atoms with E-state index in [-0.39, 0.29) is 75.2 Å². The maximum Gasteiger partial charge on any atom is 0.243 e. The number of benzene rings is 2. The van der Waals surface area contributed by atoms with Crippen LogP contribution in [0.15, 0.2) is 54.6 Å². The van der Waals surface area contributed by atoms with Crippen LogP contribution in [0.3, 0.4) is 0 Å². The van der Waals surface area contributed by atoms with Gasteiger partial charge in [-0.1, -0.05) is 56.3 Å². The quantitative estimate of drug-likeness (QED) is 0.0244. The zero-order chi connectivity index (χ0) is 47.1. The van der Waals surface area contributed by atoms with Gasteiger partial charge in [-0.15, -0.1) is 0 Å². The van der Waals surface area contributed by atoms with E-state index < -0.39 is 84.1 Å². The minimum atomic E-state index is -1.25. The number of amides is 7. The van der Waals surface area contributed by atoms with Crippen molar-refractivity contribution in [3.8, 4) is 5.75 Å². The Hall–Kier alpha value is -6.97. The third kappa shape index (κ3) is 20.9. The lowest BCUT2D eigenvalue weighted by molar-refractivity contribution is -0.135. The number of carbonyl (C=O) groups excluding carboxylic acids is 7. The second-order valence-corrected chi connectivity index (χ2v) is 15.4. The topological polar surface area (TPSA) is 388 Å². The SMILES string of the molecule is CC(C)C[C@H](NC(=O)[C@H](Cc1ccccc1)NC(=O)[C@@H](C)NC(=O)CNC(=O)[C@@H](N)Cc1ccc(O)cc1)C(=O)N[C@@H](CCCNC(=N)N)C(=O)N[C@@H](CCCNC(=N)N)C(N)=O. The Morgan fingerprint density at radius 1 is 0.587 bits per heavy atom. The molecule has 22 heteroatoms. The van der Waals surface area contributed by atoms with E-state index in [2.05, 4.69) is 42.5 Å². The van der Waals surface area contributed by atoms with Crippen LogP contribution >= 0.6 is 0 Å². The Morgan fingerprint density at radius 2 is 1.08 bits per heavy atom. The van der Waals surface area contributed by atoms with E-state index in [1.807, 2.05) is 13.8 Å². The number of hydrogen-bond acceptors (Lipinski definition) is 11. The van der Waals surface area contributed by atoms with Crippen molar-refractivity contribution in [1.82, 2.24) is 42.5 Å². The minimum Gasteiger partial charge on any atom is -0.508 e. The lowest BCUT2D eigenvalue weighted by atomic mass is 10.00. The van der Waals surface area contributed by atoms with Gasteiger partial charge in [0.1, 0.15) is 36.0 Å². The number of guanidine groups is 2. The number of nitrogens with one attached hydrogen (secondary N) is 10. The van der Waals surface area contributed by atoms with Crippen molar-refractivity contribution in [2.75, 3.05) is 19.6 Å². The molecule has 7 amide bonds. The summed E-state index contributed by atoms with van der Waals surface area (Å²) in [6.45, 7) is 4.96. The summed E-state index contributed by atoms with van der Waals surface area (Å²) in [7, 11) is 0. The molecular formula is C41H64N14O8. The Labute approximate surface area is 366 Å². The van der Waals surface area contributed by atoms with Crippen molar-refractivity contribution in [1.29, 1.82) is 10.8 Å². The molecule has 0 aliphatic rings. The first-order valence-corrected chi connectivity index (χ1v) is 20.6. The van der Waals surface area contributed by atoms with Crippen molar-refractivity contribution in [2.45, 2.75) is 102 Å². The molecule has 0 saturated heterocycles.